The number of carbonyl (C=O) groups is 1. The average molecular weight is 347 g/mol. The maximum atomic E-state index is 12.0. The van der Waals surface area contributed by atoms with Gasteiger partial charge in [-0.15, -0.1) is 0 Å². The zero-order valence-electron chi connectivity index (χ0n) is 14.0. The van der Waals surface area contributed by atoms with Crippen molar-refractivity contribution in [2.45, 2.75) is 19.6 Å². The zero-order valence-corrected chi connectivity index (χ0v) is 14.0. The number of imidazole rings is 1. The van der Waals surface area contributed by atoms with Gasteiger partial charge in [0.05, 0.1) is 19.5 Å². The third-order valence-electron chi connectivity index (χ3n) is 3.62. The second-order valence-corrected chi connectivity index (χ2v) is 5.48. The van der Waals surface area contributed by atoms with E-state index >= 15 is 0 Å². The van der Waals surface area contributed by atoms with Crippen LogP contribution in [0.1, 0.15) is 6.92 Å². The Morgan fingerprint density at radius 1 is 1.36 bits per heavy atom. The summed E-state index contributed by atoms with van der Waals surface area (Å²) < 4.78 is 23.6. The van der Waals surface area contributed by atoms with E-state index < -0.39 is 6.10 Å². The standard InChI is InChI=1S/C17H21N3O5/c1-13(25-14-2-3-15-16(10-14)24-12-23-15)17(21)19-5-8-22-9-7-20-6-4-18-11-20/h2-4,6,10-11,13H,5,7-9,12H2,1H3,(H,19,21)/t13-/m0/s1. The highest BCUT2D eigenvalue weighted by atomic mass is 16.7. The lowest BCUT2D eigenvalue weighted by Crippen LogP contribution is -2.38. The number of benzene rings is 1. The van der Waals surface area contributed by atoms with Crippen molar-refractivity contribution in [2.24, 2.45) is 0 Å². The third kappa shape index (κ3) is 4.87. The van der Waals surface area contributed by atoms with Crippen LogP contribution < -0.4 is 19.5 Å². The first-order valence-corrected chi connectivity index (χ1v) is 8.10. The summed E-state index contributed by atoms with van der Waals surface area (Å²) >= 11 is 0. The Morgan fingerprint density at radius 3 is 3.08 bits per heavy atom. The summed E-state index contributed by atoms with van der Waals surface area (Å²) in [6.45, 7) is 4.07. The first kappa shape index (κ1) is 17.1. The van der Waals surface area contributed by atoms with Gasteiger partial charge >= 0.3 is 0 Å². The maximum absolute atomic E-state index is 12.0. The molecule has 1 aromatic heterocycles. The molecule has 0 fully saturated rings. The van der Waals surface area contributed by atoms with Gasteiger partial charge in [0.1, 0.15) is 5.75 Å². The summed E-state index contributed by atoms with van der Waals surface area (Å²) in [5.41, 5.74) is 0. The van der Waals surface area contributed by atoms with Crippen LogP contribution in [0.25, 0.3) is 0 Å². The van der Waals surface area contributed by atoms with Crippen molar-refractivity contribution >= 4 is 5.91 Å². The number of rotatable bonds is 9. The van der Waals surface area contributed by atoms with Gasteiger partial charge in [0.25, 0.3) is 5.91 Å². The van der Waals surface area contributed by atoms with Crippen LogP contribution in [0.4, 0.5) is 0 Å². The molecule has 134 valence electrons. The van der Waals surface area contributed by atoms with E-state index in [1.807, 2.05) is 10.8 Å². The minimum Gasteiger partial charge on any atom is -0.481 e. The molecule has 0 radical (unpaired) electrons. The Bertz CT molecular complexity index is 690. The predicted molar refractivity (Wildman–Crippen MR) is 88.7 cm³/mol. The van der Waals surface area contributed by atoms with Crippen molar-refractivity contribution in [3.05, 3.63) is 36.9 Å². The normalized spacial score (nSPS) is 13.5. The van der Waals surface area contributed by atoms with Gasteiger partial charge in [-0.2, -0.15) is 0 Å². The molecule has 0 aliphatic carbocycles. The lowest BCUT2D eigenvalue weighted by molar-refractivity contribution is -0.127. The lowest BCUT2D eigenvalue weighted by Gasteiger charge is -2.15. The first-order chi connectivity index (χ1) is 12.2. The van der Waals surface area contributed by atoms with E-state index in [4.69, 9.17) is 18.9 Å². The summed E-state index contributed by atoms with van der Waals surface area (Å²) in [5.74, 6) is 1.66. The van der Waals surface area contributed by atoms with Gasteiger partial charge in [-0.25, -0.2) is 4.98 Å². The zero-order chi connectivity index (χ0) is 17.5. The Kier molecular flexibility index (Phi) is 5.73. The molecule has 2 heterocycles. The summed E-state index contributed by atoms with van der Waals surface area (Å²) in [6, 6.07) is 5.22. The molecule has 1 aromatic carbocycles. The average Bonchev–Trinajstić information content (AvgIpc) is 3.28. The van der Waals surface area contributed by atoms with Crippen molar-refractivity contribution in [3.8, 4) is 17.2 Å². The van der Waals surface area contributed by atoms with Crippen molar-refractivity contribution in [3.63, 3.8) is 0 Å². The minimum atomic E-state index is -0.619. The fraction of sp³-hybridized carbons (Fsp3) is 0.412. The minimum absolute atomic E-state index is 0.198. The fourth-order valence-corrected chi connectivity index (χ4v) is 2.29. The highest BCUT2D eigenvalue weighted by Crippen LogP contribution is 2.35. The van der Waals surface area contributed by atoms with Gasteiger partial charge in [-0.3, -0.25) is 4.79 Å². The van der Waals surface area contributed by atoms with E-state index in [2.05, 4.69) is 10.3 Å². The van der Waals surface area contributed by atoms with Crippen LogP contribution in [-0.2, 0) is 16.1 Å². The van der Waals surface area contributed by atoms with Crippen LogP contribution in [0.5, 0.6) is 17.2 Å². The number of hydrogen-bond acceptors (Lipinski definition) is 6. The van der Waals surface area contributed by atoms with Gasteiger partial charge in [0.15, 0.2) is 17.6 Å². The third-order valence-corrected chi connectivity index (χ3v) is 3.62. The lowest BCUT2D eigenvalue weighted by atomic mass is 10.3. The molecule has 0 saturated carbocycles. The smallest absolute Gasteiger partial charge is 0.260 e. The Balaban J connectivity index is 1.32. The van der Waals surface area contributed by atoms with Crippen LogP contribution >= 0.6 is 0 Å². The first-order valence-electron chi connectivity index (χ1n) is 8.10. The molecule has 1 amide bonds. The van der Waals surface area contributed by atoms with Crippen molar-refractivity contribution in [1.29, 1.82) is 0 Å². The molecule has 8 nitrogen and oxygen atoms in total. The highest BCUT2D eigenvalue weighted by molar-refractivity contribution is 5.80. The second kappa shape index (κ2) is 8.39. The molecule has 2 aromatic rings. The van der Waals surface area contributed by atoms with Crippen LogP contribution in [-0.4, -0.2) is 48.1 Å². The summed E-state index contributed by atoms with van der Waals surface area (Å²) in [7, 11) is 0. The SMILES string of the molecule is C[C@H](Oc1ccc2c(c1)OCO2)C(=O)NCCOCCn1ccnc1. The largest absolute Gasteiger partial charge is 0.481 e. The van der Waals surface area contributed by atoms with Gasteiger partial charge in [0, 0.05) is 31.5 Å². The van der Waals surface area contributed by atoms with E-state index in [1.165, 1.54) is 0 Å². The Hall–Kier alpha value is -2.74. The molecule has 1 N–H and O–H groups in total. The van der Waals surface area contributed by atoms with Gasteiger partial charge in [-0.05, 0) is 19.1 Å². The highest BCUT2D eigenvalue weighted by Gasteiger charge is 2.17. The predicted octanol–water partition coefficient (Wildman–Crippen LogP) is 1.21. The molecule has 0 unspecified atom stereocenters. The van der Waals surface area contributed by atoms with Crippen molar-refractivity contribution in [2.75, 3.05) is 26.6 Å². The van der Waals surface area contributed by atoms with E-state index in [0.717, 1.165) is 6.54 Å². The quantitative estimate of drug-likeness (QED) is 0.687. The molecule has 0 spiro atoms. The summed E-state index contributed by atoms with van der Waals surface area (Å²) in [6.07, 6.45) is 4.72. The van der Waals surface area contributed by atoms with Crippen LogP contribution in [0.2, 0.25) is 0 Å². The number of carbonyl (C=O) groups excluding carboxylic acids is 1. The number of nitrogens with one attached hydrogen (secondary N) is 1. The molecule has 1 atom stereocenters. The molecule has 1 aliphatic rings. The summed E-state index contributed by atoms with van der Waals surface area (Å²) in [4.78, 5) is 16.0. The molecule has 0 bridgehead atoms. The van der Waals surface area contributed by atoms with Crippen LogP contribution in [0.15, 0.2) is 36.9 Å². The van der Waals surface area contributed by atoms with Crippen molar-refractivity contribution < 1.29 is 23.7 Å². The second-order valence-electron chi connectivity index (χ2n) is 5.48. The molecular formula is C17H21N3O5. The molecular weight excluding hydrogens is 326 g/mol. The number of hydrogen-bond donors (Lipinski definition) is 1. The van der Waals surface area contributed by atoms with Crippen LogP contribution in [0.3, 0.4) is 0 Å². The molecule has 0 saturated heterocycles. The van der Waals surface area contributed by atoms with E-state index in [9.17, 15) is 4.79 Å². The Labute approximate surface area is 145 Å². The van der Waals surface area contributed by atoms with Crippen LogP contribution in [0, 0.1) is 0 Å². The van der Waals surface area contributed by atoms with Gasteiger partial charge in [0.2, 0.25) is 6.79 Å². The molecule has 1 aliphatic heterocycles. The van der Waals surface area contributed by atoms with Gasteiger partial charge in [-0.1, -0.05) is 0 Å². The van der Waals surface area contributed by atoms with E-state index in [1.54, 1.807) is 37.6 Å². The number of nitrogens with zero attached hydrogens (tertiary/aromatic N) is 2. The number of amides is 1. The van der Waals surface area contributed by atoms with E-state index in [0.29, 0.717) is 37.0 Å². The maximum Gasteiger partial charge on any atom is 0.260 e. The van der Waals surface area contributed by atoms with E-state index in [-0.39, 0.29) is 12.7 Å². The molecule has 25 heavy (non-hydrogen) atoms. The number of fused-ring (bicyclic) bond motifs is 1. The van der Waals surface area contributed by atoms with Crippen molar-refractivity contribution in [1.82, 2.24) is 14.9 Å². The molecule has 8 heteroatoms. The number of ether oxygens (including phenoxy) is 4. The fourth-order valence-electron chi connectivity index (χ4n) is 2.29. The van der Waals surface area contributed by atoms with Gasteiger partial charge < -0.3 is 28.8 Å². The summed E-state index contributed by atoms with van der Waals surface area (Å²) in [5, 5.41) is 2.78. The number of aromatic nitrogens is 2. The molecule has 3 rings (SSSR count). The monoisotopic (exact) mass is 347 g/mol. The topological polar surface area (TPSA) is 83.8 Å². The Morgan fingerprint density at radius 2 is 2.24 bits per heavy atom.